The molecule has 0 saturated heterocycles. The third-order valence-electron chi connectivity index (χ3n) is 2.35. The van der Waals surface area contributed by atoms with Gasteiger partial charge in [0.1, 0.15) is 0 Å². The molecule has 6 nitrogen and oxygen atoms in total. The fourth-order valence-corrected chi connectivity index (χ4v) is 1.69. The SMILES string of the molecule is CC(C)Oc1nc(Cl)nc(NCCc2cccnc2)n1. The zero-order valence-corrected chi connectivity index (χ0v) is 12.1. The highest BCUT2D eigenvalue weighted by atomic mass is 35.5. The molecule has 7 heteroatoms. The first-order valence-electron chi connectivity index (χ1n) is 6.34. The number of nitrogens with zero attached hydrogens (tertiary/aromatic N) is 4. The minimum Gasteiger partial charge on any atom is -0.461 e. The highest BCUT2D eigenvalue weighted by Gasteiger charge is 2.07. The molecule has 2 aromatic rings. The molecule has 0 aliphatic rings. The lowest BCUT2D eigenvalue weighted by Crippen LogP contribution is -2.13. The molecular weight excluding hydrogens is 278 g/mol. The van der Waals surface area contributed by atoms with Crippen LogP contribution in [0.5, 0.6) is 6.01 Å². The van der Waals surface area contributed by atoms with Gasteiger partial charge < -0.3 is 10.1 Å². The summed E-state index contributed by atoms with van der Waals surface area (Å²) in [6, 6.07) is 4.15. The lowest BCUT2D eigenvalue weighted by Gasteiger charge is -2.09. The Morgan fingerprint density at radius 1 is 1.30 bits per heavy atom. The van der Waals surface area contributed by atoms with Crippen molar-refractivity contribution in [3.63, 3.8) is 0 Å². The van der Waals surface area contributed by atoms with Crippen LogP contribution in [0.3, 0.4) is 0 Å². The average Bonchev–Trinajstić information content (AvgIpc) is 2.38. The van der Waals surface area contributed by atoms with Crippen molar-refractivity contribution in [1.82, 2.24) is 19.9 Å². The van der Waals surface area contributed by atoms with Crippen molar-refractivity contribution in [2.24, 2.45) is 0 Å². The predicted molar refractivity (Wildman–Crippen MR) is 77.0 cm³/mol. The zero-order chi connectivity index (χ0) is 14.4. The maximum Gasteiger partial charge on any atom is 0.322 e. The summed E-state index contributed by atoms with van der Waals surface area (Å²) in [6.07, 6.45) is 4.38. The predicted octanol–water partition coefficient (Wildman–Crippen LogP) is 2.36. The molecule has 0 spiro atoms. The third-order valence-corrected chi connectivity index (χ3v) is 2.52. The smallest absolute Gasteiger partial charge is 0.322 e. The van der Waals surface area contributed by atoms with Crippen molar-refractivity contribution < 1.29 is 4.74 Å². The summed E-state index contributed by atoms with van der Waals surface area (Å²) in [6.45, 7) is 4.47. The molecule has 0 aliphatic carbocycles. The van der Waals surface area contributed by atoms with Crippen LogP contribution >= 0.6 is 11.6 Å². The Morgan fingerprint density at radius 2 is 2.15 bits per heavy atom. The first-order valence-corrected chi connectivity index (χ1v) is 6.72. The van der Waals surface area contributed by atoms with E-state index in [0.29, 0.717) is 12.5 Å². The van der Waals surface area contributed by atoms with Gasteiger partial charge in [-0.1, -0.05) is 6.07 Å². The van der Waals surface area contributed by atoms with E-state index in [-0.39, 0.29) is 17.4 Å². The average molecular weight is 294 g/mol. The number of rotatable bonds is 6. The van der Waals surface area contributed by atoms with Crippen LogP contribution in [0.25, 0.3) is 0 Å². The molecule has 0 unspecified atom stereocenters. The molecule has 2 aromatic heterocycles. The number of ether oxygens (including phenoxy) is 1. The fourth-order valence-electron chi connectivity index (χ4n) is 1.54. The van der Waals surface area contributed by atoms with E-state index in [0.717, 1.165) is 12.0 Å². The maximum absolute atomic E-state index is 5.84. The van der Waals surface area contributed by atoms with E-state index in [1.165, 1.54) is 0 Å². The topological polar surface area (TPSA) is 72.8 Å². The van der Waals surface area contributed by atoms with Crippen molar-refractivity contribution in [2.45, 2.75) is 26.4 Å². The van der Waals surface area contributed by atoms with Crippen molar-refractivity contribution >= 4 is 17.5 Å². The highest BCUT2D eigenvalue weighted by Crippen LogP contribution is 2.12. The Balaban J connectivity index is 1.93. The van der Waals surface area contributed by atoms with Gasteiger partial charge in [-0.05, 0) is 43.5 Å². The van der Waals surface area contributed by atoms with Crippen molar-refractivity contribution in [1.29, 1.82) is 0 Å². The molecule has 0 aromatic carbocycles. The van der Waals surface area contributed by atoms with Gasteiger partial charge >= 0.3 is 6.01 Å². The third kappa shape index (κ3) is 4.62. The van der Waals surface area contributed by atoms with E-state index in [1.54, 1.807) is 6.20 Å². The minimum absolute atomic E-state index is 0.0169. The molecule has 0 radical (unpaired) electrons. The van der Waals surface area contributed by atoms with E-state index < -0.39 is 0 Å². The maximum atomic E-state index is 5.84. The van der Waals surface area contributed by atoms with Crippen molar-refractivity contribution in [3.05, 3.63) is 35.4 Å². The van der Waals surface area contributed by atoms with Gasteiger partial charge in [-0.25, -0.2) is 0 Å². The van der Waals surface area contributed by atoms with Crippen molar-refractivity contribution in [3.8, 4) is 6.01 Å². The molecule has 106 valence electrons. The molecule has 1 N–H and O–H groups in total. The number of hydrogen-bond acceptors (Lipinski definition) is 6. The summed E-state index contributed by atoms with van der Waals surface area (Å²) < 4.78 is 5.40. The van der Waals surface area contributed by atoms with Crippen LogP contribution in [0, 0.1) is 0 Å². The number of halogens is 1. The second kappa shape index (κ2) is 7.00. The summed E-state index contributed by atoms with van der Waals surface area (Å²) in [5, 5.41) is 3.20. The van der Waals surface area contributed by atoms with Crippen LogP contribution in [0.4, 0.5) is 5.95 Å². The van der Waals surface area contributed by atoms with E-state index in [9.17, 15) is 0 Å². The Labute approximate surface area is 122 Å². The zero-order valence-electron chi connectivity index (χ0n) is 11.4. The van der Waals surface area contributed by atoms with Crippen molar-refractivity contribution in [2.75, 3.05) is 11.9 Å². The number of pyridine rings is 1. The number of aromatic nitrogens is 4. The monoisotopic (exact) mass is 293 g/mol. The van der Waals surface area contributed by atoms with Gasteiger partial charge in [0.2, 0.25) is 11.2 Å². The van der Waals surface area contributed by atoms with Crippen LogP contribution in [-0.4, -0.2) is 32.6 Å². The van der Waals surface area contributed by atoms with E-state index in [2.05, 4.69) is 25.3 Å². The second-order valence-corrected chi connectivity index (χ2v) is 4.75. The molecule has 0 fully saturated rings. The summed E-state index contributed by atoms with van der Waals surface area (Å²) >= 11 is 5.84. The van der Waals surface area contributed by atoms with E-state index in [1.807, 2.05) is 32.2 Å². The van der Waals surface area contributed by atoms with Crippen LogP contribution in [0.15, 0.2) is 24.5 Å². The quantitative estimate of drug-likeness (QED) is 0.881. The van der Waals surface area contributed by atoms with Gasteiger partial charge in [-0.15, -0.1) is 0 Å². The van der Waals surface area contributed by atoms with Gasteiger partial charge in [0.05, 0.1) is 6.10 Å². The Morgan fingerprint density at radius 3 is 2.85 bits per heavy atom. The first kappa shape index (κ1) is 14.5. The van der Waals surface area contributed by atoms with Gasteiger partial charge in [0.25, 0.3) is 0 Å². The van der Waals surface area contributed by atoms with Gasteiger partial charge in [-0.2, -0.15) is 15.0 Å². The minimum atomic E-state index is -0.0169. The van der Waals surface area contributed by atoms with Crippen LogP contribution < -0.4 is 10.1 Å². The Bertz CT molecular complexity index is 550. The van der Waals surface area contributed by atoms with Gasteiger partial charge in [0.15, 0.2) is 0 Å². The van der Waals surface area contributed by atoms with E-state index in [4.69, 9.17) is 16.3 Å². The molecule has 2 rings (SSSR count). The molecule has 0 saturated carbocycles. The Kier molecular flexibility index (Phi) is 5.06. The largest absolute Gasteiger partial charge is 0.461 e. The summed E-state index contributed by atoms with van der Waals surface area (Å²) in [4.78, 5) is 16.1. The molecule has 0 amide bonds. The Hall–Kier alpha value is -1.95. The molecular formula is C13H16ClN5O. The molecule has 2 heterocycles. The summed E-state index contributed by atoms with van der Waals surface area (Å²) in [7, 11) is 0. The molecule has 0 atom stereocenters. The number of nitrogens with one attached hydrogen (secondary N) is 1. The standard InChI is InChI=1S/C13H16ClN5O/c1-9(2)20-13-18-11(14)17-12(19-13)16-7-5-10-4-3-6-15-8-10/h3-4,6,8-9H,5,7H2,1-2H3,(H,16,17,18,19). The lowest BCUT2D eigenvalue weighted by molar-refractivity contribution is 0.222. The van der Waals surface area contributed by atoms with Gasteiger partial charge in [-0.3, -0.25) is 4.98 Å². The van der Waals surface area contributed by atoms with Gasteiger partial charge in [0, 0.05) is 18.9 Å². The van der Waals surface area contributed by atoms with Crippen LogP contribution in [0.1, 0.15) is 19.4 Å². The molecule has 0 bridgehead atoms. The molecule has 0 aliphatic heterocycles. The summed E-state index contributed by atoms with van der Waals surface area (Å²) in [5.74, 6) is 0.407. The van der Waals surface area contributed by atoms with Crippen LogP contribution in [0.2, 0.25) is 5.28 Å². The van der Waals surface area contributed by atoms with E-state index >= 15 is 0 Å². The first-order chi connectivity index (χ1) is 9.63. The fraction of sp³-hybridized carbons (Fsp3) is 0.385. The number of hydrogen-bond donors (Lipinski definition) is 1. The molecule has 20 heavy (non-hydrogen) atoms. The second-order valence-electron chi connectivity index (χ2n) is 4.42. The lowest BCUT2D eigenvalue weighted by atomic mass is 10.2. The highest BCUT2D eigenvalue weighted by molar-refractivity contribution is 6.28. The summed E-state index contributed by atoms with van der Waals surface area (Å²) in [5.41, 5.74) is 1.14. The van der Waals surface area contributed by atoms with Crippen LogP contribution in [-0.2, 0) is 6.42 Å². The number of anilines is 1. The normalized spacial score (nSPS) is 10.6.